The van der Waals surface area contributed by atoms with Crippen molar-refractivity contribution in [1.29, 1.82) is 0 Å². The zero-order valence-corrected chi connectivity index (χ0v) is 7.05. The highest BCUT2D eigenvalue weighted by molar-refractivity contribution is 5.13. The molecule has 0 radical (unpaired) electrons. The highest BCUT2D eigenvalue weighted by atomic mass is 16.5. The summed E-state index contributed by atoms with van der Waals surface area (Å²) < 4.78 is 0. The average molecular weight is 141 g/mol. The molecule has 1 aliphatic heterocycles. The molecule has 1 aliphatic rings. The Morgan fingerprint density at radius 1 is 1.20 bits per heavy atom. The molecule has 0 atom stereocenters. The van der Waals surface area contributed by atoms with E-state index in [2.05, 4.69) is 13.8 Å². The minimum absolute atomic E-state index is 0.0573. The zero-order valence-electron chi connectivity index (χ0n) is 7.05. The van der Waals surface area contributed by atoms with E-state index in [4.69, 9.17) is 0 Å². The van der Waals surface area contributed by atoms with Crippen LogP contribution in [-0.4, -0.2) is 15.8 Å². The van der Waals surface area contributed by atoms with E-state index in [0.717, 1.165) is 0 Å². The molecule has 0 aliphatic carbocycles. The van der Waals surface area contributed by atoms with Crippen molar-refractivity contribution in [2.24, 2.45) is 5.41 Å². The summed E-state index contributed by atoms with van der Waals surface area (Å²) >= 11 is 0. The van der Waals surface area contributed by atoms with Crippen LogP contribution in [0.2, 0.25) is 0 Å². The van der Waals surface area contributed by atoms with E-state index in [1.54, 1.807) is 6.20 Å². The third-order valence-electron chi connectivity index (χ3n) is 2.78. The molecule has 58 valence electrons. The Bertz CT molecular complexity index is 170. The molecule has 0 saturated carbocycles. The van der Waals surface area contributed by atoms with Gasteiger partial charge in [0, 0.05) is 11.6 Å². The molecule has 0 saturated heterocycles. The maximum atomic E-state index is 9.34. The Morgan fingerprint density at radius 3 is 1.80 bits per heavy atom. The van der Waals surface area contributed by atoms with Gasteiger partial charge in [-0.05, 0) is 13.8 Å². The molecule has 2 nitrogen and oxygen atoms in total. The van der Waals surface area contributed by atoms with Gasteiger partial charge in [0.15, 0.2) is 0 Å². The van der Waals surface area contributed by atoms with Gasteiger partial charge in [-0.3, -0.25) is 10.3 Å². The highest BCUT2D eigenvalue weighted by Crippen LogP contribution is 2.40. The topological polar surface area (TPSA) is 23.5 Å². The fraction of sp³-hybridized carbons (Fsp3) is 0.750. The fourth-order valence-corrected chi connectivity index (χ4v) is 0.942. The van der Waals surface area contributed by atoms with E-state index in [-0.39, 0.29) is 11.0 Å². The van der Waals surface area contributed by atoms with Crippen molar-refractivity contribution in [2.75, 3.05) is 0 Å². The van der Waals surface area contributed by atoms with E-state index in [1.807, 2.05) is 19.9 Å². The van der Waals surface area contributed by atoms with Gasteiger partial charge < -0.3 is 0 Å². The van der Waals surface area contributed by atoms with E-state index in [0.29, 0.717) is 0 Å². The monoisotopic (exact) mass is 141 g/mol. The van der Waals surface area contributed by atoms with Gasteiger partial charge in [-0.1, -0.05) is 19.9 Å². The van der Waals surface area contributed by atoms with Gasteiger partial charge in [-0.15, -0.1) is 0 Å². The van der Waals surface area contributed by atoms with Crippen LogP contribution < -0.4 is 0 Å². The first-order valence-corrected chi connectivity index (χ1v) is 3.55. The highest BCUT2D eigenvalue weighted by Gasteiger charge is 2.42. The standard InChI is InChI=1S/C8H15NO/c1-7(2)5-6-9(10)8(7,3)4/h5-6,10H,1-4H3. The maximum Gasteiger partial charge on any atom is 0.0694 e. The lowest BCUT2D eigenvalue weighted by Crippen LogP contribution is -2.44. The first kappa shape index (κ1) is 7.61. The maximum absolute atomic E-state index is 9.34. The van der Waals surface area contributed by atoms with E-state index >= 15 is 0 Å². The Hall–Kier alpha value is -0.500. The summed E-state index contributed by atoms with van der Waals surface area (Å²) in [6.07, 6.45) is 3.74. The van der Waals surface area contributed by atoms with Gasteiger partial charge in [0.1, 0.15) is 0 Å². The average Bonchev–Trinajstić information content (AvgIpc) is 1.94. The predicted molar refractivity (Wildman–Crippen MR) is 40.6 cm³/mol. The first-order valence-electron chi connectivity index (χ1n) is 3.55. The van der Waals surface area contributed by atoms with Crippen LogP contribution in [0.5, 0.6) is 0 Å². The molecule has 0 aromatic rings. The summed E-state index contributed by atoms with van der Waals surface area (Å²) in [5, 5.41) is 10.6. The van der Waals surface area contributed by atoms with Gasteiger partial charge in [0.2, 0.25) is 0 Å². The van der Waals surface area contributed by atoms with Crippen LogP contribution in [0.15, 0.2) is 12.3 Å². The van der Waals surface area contributed by atoms with Gasteiger partial charge in [0.25, 0.3) is 0 Å². The van der Waals surface area contributed by atoms with Gasteiger partial charge in [-0.25, -0.2) is 0 Å². The molecule has 0 spiro atoms. The lowest BCUT2D eigenvalue weighted by atomic mass is 9.77. The van der Waals surface area contributed by atoms with E-state index < -0.39 is 0 Å². The second-order valence-electron chi connectivity index (χ2n) is 3.94. The molecule has 0 unspecified atom stereocenters. The van der Waals surface area contributed by atoms with Gasteiger partial charge in [0.05, 0.1) is 5.54 Å². The van der Waals surface area contributed by atoms with Crippen LogP contribution in [-0.2, 0) is 0 Å². The smallest absolute Gasteiger partial charge is 0.0694 e. The summed E-state index contributed by atoms with van der Waals surface area (Å²) in [6.45, 7) is 8.26. The van der Waals surface area contributed by atoms with Crippen LogP contribution in [0.1, 0.15) is 27.7 Å². The van der Waals surface area contributed by atoms with E-state index in [1.165, 1.54) is 5.06 Å². The number of hydroxylamine groups is 2. The summed E-state index contributed by atoms with van der Waals surface area (Å²) in [5.74, 6) is 0. The second kappa shape index (κ2) is 1.76. The van der Waals surface area contributed by atoms with Crippen molar-refractivity contribution in [1.82, 2.24) is 5.06 Å². The number of hydrogen-bond acceptors (Lipinski definition) is 2. The van der Waals surface area contributed by atoms with Crippen LogP contribution >= 0.6 is 0 Å². The van der Waals surface area contributed by atoms with Crippen molar-refractivity contribution in [3.8, 4) is 0 Å². The van der Waals surface area contributed by atoms with Crippen molar-refractivity contribution in [3.63, 3.8) is 0 Å². The second-order valence-corrected chi connectivity index (χ2v) is 3.94. The number of rotatable bonds is 0. The van der Waals surface area contributed by atoms with Crippen molar-refractivity contribution in [2.45, 2.75) is 33.2 Å². The summed E-state index contributed by atoms with van der Waals surface area (Å²) in [6, 6.07) is 0. The lowest BCUT2D eigenvalue weighted by Gasteiger charge is -2.38. The first-order chi connectivity index (χ1) is 4.38. The quantitative estimate of drug-likeness (QED) is 0.557. The molecule has 0 aromatic heterocycles. The molecule has 0 bridgehead atoms. The Morgan fingerprint density at radius 2 is 1.70 bits per heavy atom. The van der Waals surface area contributed by atoms with Crippen LogP contribution in [0, 0.1) is 5.41 Å². The Kier molecular flexibility index (Phi) is 1.34. The minimum atomic E-state index is -0.174. The molecule has 1 rings (SSSR count). The van der Waals surface area contributed by atoms with Crippen LogP contribution in [0.3, 0.4) is 0 Å². The van der Waals surface area contributed by atoms with Crippen LogP contribution in [0.25, 0.3) is 0 Å². The van der Waals surface area contributed by atoms with Crippen molar-refractivity contribution in [3.05, 3.63) is 12.3 Å². The molecule has 10 heavy (non-hydrogen) atoms. The molecule has 0 amide bonds. The normalized spacial score (nSPS) is 27.5. The molecular weight excluding hydrogens is 126 g/mol. The number of hydrogen-bond donors (Lipinski definition) is 1. The molecule has 0 fully saturated rings. The summed E-state index contributed by atoms with van der Waals surface area (Å²) in [5.41, 5.74) is -0.116. The molecule has 1 heterocycles. The molecule has 2 heteroatoms. The fourth-order valence-electron chi connectivity index (χ4n) is 0.942. The van der Waals surface area contributed by atoms with Crippen molar-refractivity contribution >= 4 is 0 Å². The minimum Gasteiger partial charge on any atom is -0.288 e. The number of nitrogens with zero attached hydrogens (tertiary/aromatic N) is 1. The Balaban J connectivity index is 2.94. The summed E-state index contributed by atoms with van der Waals surface area (Å²) in [7, 11) is 0. The van der Waals surface area contributed by atoms with E-state index in [9.17, 15) is 5.21 Å². The SMILES string of the molecule is CC1(C)C=CN(O)C1(C)C. The molecule has 0 aromatic carbocycles. The summed E-state index contributed by atoms with van der Waals surface area (Å²) in [4.78, 5) is 0. The third kappa shape index (κ3) is 0.754. The molecule has 1 N–H and O–H groups in total. The largest absolute Gasteiger partial charge is 0.288 e. The zero-order chi connectivity index (χ0) is 7.99. The Labute approximate surface area is 62.1 Å². The van der Waals surface area contributed by atoms with Gasteiger partial charge in [-0.2, -0.15) is 0 Å². The molecular formula is C8H15NO. The lowest BCUT2D eigenvalue weighted by molar-refractivity contribution is -0.133. The third-order valence-corrected chi connectivity index (χ3v) is 2.78. The van der Waals surface area contributed by atoms with Crippen molar-refractivity contribution < 1.29 is 5.21 Å². The van der Waals surface area contributed by atoms with Crippen LogP contribution in [0.4, 0.5) is 0 Å². The predicted octanol–water partition coefficient (Wildman–Crippen LogP) is 2.01. The van der Waals surface area contributed by atoms with Gasteiger partial charge >= 0.3 is 0 Å².